The molecule has 0 saturated heterocycles. The van der Waals surface area contributed by atoms with Gasteiger partial charge in [0.2, 0.25) is 35.4 Å². The molecule has 0 aromatic carbocycles. The lowest BCUT2D eigenvalue weighted by Crippen LogP contribution is -2.59. The Bertz CT molecular complexity index is 1240. The first-order valence-corrected chi connectivity index (χ1v) is 14.6. The van der Waals surface area contributed by atoms with Gasteiger partial charge in [0.05, 0.1) is 12.5 Å². The van der Waals surface area contributed by atoms with Gasteiger partial charge in [-0.3, -0.25) is 43.2 Å². The molecule has 6 atom stereocenters. The fourth-order valence-corrected chi connectivity index (χ4v) is 3.80. The number of aliphatic carboxylic acids is 4. The number of hydrogen-bond donors (Lipinski definition) is 11. The van der Waals surface area contributed by atoms with Crippen LogP contribution in [0.15, 0.2) is 0 Å². The molecule has 13 N–H and O–H groups in total. The smallest absolute Gasteiger partial charge is 0.326 e. The molecule has 0 aromatic rings. The predicted octanol–water partition coefficient (Wildman–Crippen LogP) is -4.03. The minimum Gasteiger partial charge on any atom is -0.481 e. The van der Waals surface area contributed by atoms with Crippen LogP contribution in [0.4, 0.5) is 0 Å². The van der Waals surface area contributed by atoms with Gasteiger partial charge in [-0.15, -0.1) is 0 Å². The molecule has 21 nitrogen and oxygen atoms in total. The quantitative estimate of drug-likeness (QED) is 0.0486. The predicted molar refractivity (Wildman–Crippen MR) is 160 cm³/mol. The van der Waals surface area contributed by atoms with E-state index in [1.165, 1.54) is 0 Å². The minimum atomic E-state index is -1.81. The second-order valence-corrected chi connectivity index (χ2v) is 11.1. The van der Waals surface area contributed by atoms with Gasteiger partial charge in [-0.2, -0.15) is 0 Å². The first kappa shape index (κ1) is 42.7. The Balaban J connectivity index is 5.93. The van der Waals surface area contributed by atoms with Crippen molar-refractivity contribution in [3.8, 4) is 0 Å². The summed E-state index contributed by atoms with van der Waals surface area (Å²) < 4.78 is 0. The van der Waals surface area contributed by atoms with Crippen LogP contribution in [-0.4, -0.2) is 116 Å². The van der Waals surface area contributed by atoms with E-state index in [0.717, 1.165) is 6.92 Å². The van der Waals surface area contributed by atoms with Gasteiger partial charge < -0.3 is 58.5 Å². The van der Waals surface area contributed by atoms with Crippen LogP contribution >= 0.6 is 0 Å². The zero-order valence-corrected chi connectivity index (χ0v) is 26.5. The molecular weight excluding hydrogens is 646 g/mol. The van der Waals surface area contributed by atoms with E-state index in [1.54, 1.807) is 13.8 Å². The van der Waals surface area contributed by atoms with E-state index in [-0.39, 0.29) is 5.92 Å². The summed E-state index contributed by atoms with van der Waals surface area (Å²) in [6, 6.07) is -9.20. The molecule has 270 valence electrons. The van der Waals surface area contributed by atoms with Gasteiger partial charge in [-0.05, 0) is 32.1 Å². The Hall–Kier alpha value is -5.34. The SMILES string of the molecule is CC(C)[C@H](N)C(=O)N[C@@H](CCC(=O)O)C(=O)N[C@@H](CCC(=O)O)C(=O)N[C@@H](C)C(=O)N[C@@H](CCC(=O)O)C(=O)N[C@@H](CC(N)=O)C(=O)O. The molecule has 0 radical (unpaired) electrons. The summed E-state index contributed by atoms with van der Waals surface area (Å²) in [4.78, 5) is 120. The highest BCUT2D eigenvalue weighted by atomic mass is 16.4. The second-order valence-electron chi connectivity index (χ2n) is 11.1. The zero-order valence-electron chi connectivity index (χ0n) is 26.5. The number of carboxylic acids is 4. The van der Waals surface area contributed by atoms with Crippen LogP contribution in [0, 0.1) is 5.92 Å². The van der Waals surface area contributed by atoms with Gasteiger partial charge in [0.1, 0.15) is 30.2 Å². The maximum absolute atomic E-state index is 13.1. The molecular formula is C27H43N7O14. The van der Waals surface area contributed by atoms with Gasteiger partial charge in [0.15, 0.2) is 0 Å². The Labute approximate surface area is 273 Å². The van der Waals surface area contributed by atoms with Gasteiger partial charge in [0, 0.05) is 19.3 Å². The maximum Gasteiger partial charge on any atom is 0.326 e. The van der Waals surface area contributed by atoms with E-state index >= 15 is 0 Å². The van der Waals surface area contributed by atoms with Gasteiger partial charge in [-0.1, -0.05) is 13.8 Å². The fraction of sp³-hybridized carbons (Fsp3) is 0.630. The van der Waals surface area contributed by atoms with Crippen LogP contribution in [0.5, 0.6) is 0 Å². The van der Waals surface area contributed by atoms with Crippen molar-refractivity contribution < 1.29 is 68.4 Å². The molecule has 0 heterocycles. The Morgan fingerprint density at radius 2 is 0.854 bits per heavy atom. The Kier molecular flexibility index (Phi) is 18.4. The molecule has 21 heteroatoms. The number of nitrogens with two attached hydrogens (primary N) is 2. The number of carbonyl (C=O) groups excluding carboxylic acids is 6. The zero-order chi connectivity index (χ0) is 37.3. The van der Waals surface area contributed by atoms with Crippen LogP contribution < -0.4 is 38.1 Å². The molecule has 0 spiro atoms. The molecule has 0 saturated carbocycles. The highest BCUT2D eigenvalue weighted by molar-refractivity contribution is 5.97. The highest BCUT2D eigenvalue weighted by Crippen LogP contribution is 2.07. The van der Waals surface area contributed by atoms with Crippen molar-refractivity contribution in [2.45, 2.75) is 102 Å². The third kappa shape index (κ3) is 16.8. The molecule has 0 unspecified atom stereocenters. The van der Waals surface area contributed by atoms with Crippen molar-refractivity contribution in [2.24, 2.45) is 17.4 Å². The number of hydrogen-bond acceptors (Lipinski definition) is 11. The molecule has 0 rings (SSSR count). The van der Waals surface area contributed by atoms with Crippen LogP contribution in [0.3, 0.4) is 0 Å². The van der Waals surface area contributed by atoms with Crippen molar-refractivity contribution in [1.29, 1.82) is 0 Å². The Morgan fingerprint density at radius 3 is 1.19 bits per heavy atom. The van der Waals surface area contributed by atoms with Crippen molar-refractivity contribution in [3.63, 3.8) is 0 Å². The van der Waals surface area contributed by atoms with E-state index in [2.05, 4.69) is 21.3 Å². The lowest BCUT2D eigenvalue weighted by Gasteiger charge is -2.26. The fourth-order valence-electron chi connectivity index (χ4n) is 3.80. The van der Waals surface area contributed by atoms with Crippen LogP contribution in [0.1, 0.15) is 65.7 Å². The molecule has 6 amide bonds. The topological polar surface area (TPSA) is 364 Å². The molecule has 0 fully saturated rings. The summed E-state index contributed by atoms with van der Waals surface area (Å²) in [6.07, 6.45) is -4.21. The Morgan fingerprint density at radius 1 is 0.521 bits per heavy atom. The van der Waals surface area contributed by atoms with E-state index in [1.807, 2.05) is 5.32 Å². The van der Waals surface area contributed by atoms with Crippen LogP contribution in [0.2, 0.25) is 0 Å². The standard InChI is InChI=1S/C27H43N7O14/c1-11(2)21(29)26(46)33-15(6-9-20(40)41)24(44)32-13(4-7-18(36)37)23(43)30-12(3)22(42)31-14(5-8-19(38)39)25(45)34-16(27(47)48)10-17(28)35/h11-16,21H,4-10,29H2,1-3H3,(H2,28,35)(H,30,43)(H,31,42)(H,32,44)(H,33,46)(H,34,45)(H,36,37)(H,38,39)(H,40,41)(H,47,48)/t12-,13-,14-,15-,16-,21-/m0/s1. The summed E-state index contributed by atoms with van der Waals surface area (Å²) in [5, 5.41) is 47.3. The van der Waals surface area contributed by atoms with Crippen molar-refractivity contribution in [3.05, 3.63) is 0 Å². The van der Waals surface area contributed by atoms with Gasteiger partial charge >= 0.3 is 23.9 Å². The lowest BCUT2D eigenvalue weighted by atomic mass is 10.0. The molecule has 0 aliphatic heterocycles. The molecule has 0 aliphatic rings. The van der Waals surface area contributed by atoms with E-state index < -0.39 is 141 Å². The largest absolute Gasteiger partial charge is 0.481 e. The first-order valence-electron chi connectivity index (χ1n) is 14.6. The van der Waals surface area contributed by atoms with E-state index in [0.29, 0.717) is 0 Å². The molecule has 0 bridgehead atoms. The highest BCUT2D eigenvalue weighted by Gasteiger charge is 2.32. The number of rotatable bonds is 23. The number of carboxylic acid groups (broad SMARTS) is 4. The number of amides is 6. The third-order valence-corrected chi connectivity index (χ3v) is 6.63. The second kappa shape index (κ2) is 20.7. The van der Waals surface area contributed by atoms with Crippen LogP contribution in [0.25, 0.3) is 0 Å². The van der Waals surface area contributed by atoms with Crippen molar-refractivity contribution in [1.82, 2.24) is 26.6 Å². The first-order chi connectivity index (χ1) is 22.2. The van der Waals surface area contributed by atoms with Crippen LogP contribution in [-0.2, 0) is 47.9 Å². The summed E-state index contributed by atoms with van der Waals surface area (Å²) >= 11 is 0. The molecule has 0 aliphatic carbocycles. The summed E-state index contributed by atoms with van der Waals surface area (Å²) in [5.74, 6) is -12.4. The lowest BCUT2D eigenvalue weighted by molar-refractivity contribution is -0.144. The average molecular weight is 690 g/mol. The van der Waals surface area contributed by atoms with E-state index in [9.17, 15) is 53.1 Å². The van der Waals surface area contributed by atoms with Crippen molar-refractivity contribution >= 4 is 59.3 Å². The summed E-state index contributed by atoms with van der Waals surface area (Å²) in [6.45, 7) is 4.36. The summed E-state index contributed by atoms with van der Waals surface area (Å²) in [7, 11) is 0. The third-order valence-electron chi connectivity index (χ3n) is 6.63. The van der Waals surface area contributed by atoms with Gasteiger partial charge in [-0.25, -0.2) is 4.79 Å². The number of primary amides is 1. The van der Waals surface area contributed by atoms with Gasteiger partial charge in [0.25, 0.3) is 0 Å². The minimum absolute atomic E-state index is 0.363. The molecule has 0 aromatic heterocycles. The maximum atomic E-state index is 13.1. The van der Waals surface area contributed by atoms with Crippen molar-refractivity contribution in [2.75, 3.05) is 0 Å². The monoisotopic (exact) mass is 689 g/mol. The number of nitrogens with one attached hydrogen (secondary N) is 5. The van der Waals surface area contributed by atoms with E-state index in [4.69, 9.17) is 26.8 Å². The average Bonchev–Trinajstić information content (AvgIpc) is 2.97. The molecule has 48 heavy (non-hydrogen) atoms. The number of carbonyl (C=O) groups is 10. The summed E-state index contributed by atoms with van der Waals surface area (Å²) in [5.41, 5.74) is 10.8. The normalized spacial score (nSPS) is 14.5.